The van der Waals surface area contributed by atoms with Gasteiger partial charge < -0.3 is 10.6 Å². The Labute approximate surface area is 132 Å². The Hall–Kier alpha value is -1.95. The van der Waals surface area contributed by atoms with Gasteiger partial charge in [-0.3, -0.25) is 4.79 Å². The van der Waals surface area contributed by atoms with Crippen LogP contribution in [0.25, 0.3) is 0 Å². The lowest BCUT2D eigenvalue weighted by Gasteiger charge is -2.08. The molecule has 1 aromatic heterocycles. The van der Waals surface area contributed by atoms with Crippen LogP contribution in [0.15, 0.2) is 34.8 Å². The van der Waals surface area contributed by atoms with Crippen LogP contribution >= 0.6 is 15.9 Å². The van der Waals surface area contributed by atoms with Crippen LogP contribution in [0.2, 0.25) is 0 Å². The minimum Gasteiger partial charge on any atom is -0.351 e. The molecule has 1 amide bonds. The third-order valence-corrected chi connectivity index (χ3v) is 3.20. The second-order valence-corrected chi connectivity index (χ2v) is 5.53. The number of hydrogen-bond donors (Lipinski definition) is 2. The highest BCUT2D eigenvalue weighted by atomic mass is 79.9. The Balaban J connectivity index is 2.20. The molecule has 0 aliphatic carbocycles. The van der Waals surface area contributed by atoms with Crippen molar-refractivity contribution in [1.29, 1.82) is 0 Å². The molecule has 0 aliphatic heterocycles. The van der Waals surface area contributed by atoms with Gasteiger partial charge in [0.05, 0.1) is 0 Å². The summed E-state index contributed by atoms with van der Waals surface area (Å²) in [7, 11) is 0. The maximum atomic E-state index is 12.0. The Bertz CT molecular complexity index is 645. The number of amides is 1. The molecular formula is C15H17BrN4O. The van der Waals surface area contributed by atoms with E-state index in [4.69, 9.17) is 0 Å². The number of carbonyl (C=O) groups excluding carboxylic acids is 1. The number of halogens is 1. The molecule has 110 valence electrons. The van der Waals surface area contributed by atoms with Crippen LogP contribution in [-0.4, -0.2) is 22.4 Å². The molecule has 5 nitrogen and oxygen atoms in total. The molecule has 0 bridgehead atoms. The van der Waals surface area contributed by atoms with Gasteiger partial charge in [0.1, 0.15) is 5.69 Å². The quantitative estimate of drug-likeness (QED) is 0.868. The summed E-state index contributed by atoms with van der Waals surface area (Å²) in [6.45, 7) is 4.48. The van der Waals surface area contributed by atoms with Gasteiger partial charge in [-0.1, -0.05) is 28.9 Å². The molecule has 0 atom stereocenters. The van der Waals surface area contributed by atoms with E-state index in [0.717, 1.165) is 22.3 Å². The van der Waals surface area contributed by atoms with Crippen molar-refractivity contribution >= 4 is 33.5 Å². The lowest BCUT2D eigenvalue weighted by molar-refractivity contribution is 0.0948. The summed E-state index contributed by atoms with van der Waals surface area (Å²) >= 11 is 3.41. The number of hydrogen-bond acceptors (Lipinski definition) is 4. The van der Waals surface area contributed by atoms with Gasteiger partial charge >= 0.3 is 0 Å². The number of aryl methyl sites for hydroxylation is 1. The first kappa shape index (κ1) is 15.4. The summed E-state index contributed by atoms with van der Waals surface area (Å²) in [5.74, 6) is 0.231. The fraction of sp³-hybridized carbons (Fsp3) is 0.267. The van der Waals surface area contributed by atoms with E-state index < -0.39 is 0 Å². The summed E-state index contributed by atoms with van der Waals surface area (Å²) in [6.07, 6.45) is 0.888. The summed E-state index contributed by atoms with van der Waals surface area (Å²) in [5.41, 5.74) is 1.97. The highest BCUT2D eigenvalue weighted by molar-refractivity contribution is 9.10. The summed E-state index contributed by atoms with van der Waals surface area (Å²) in [4.78, 5) is 20.5. The normalized spacial score (nSPS) is 10.2. The number of nitrogens with one attached hydrogen (secondary N) is 2. The average molecular weight is 349 g/mol. The molecule has 6 heteroatoms. The van der Waals surface area contributed by atoms with Crippen molar-refractivity contribution in [3.63, 3.8) is 0 Å². The second-order valence-electron chi connectivity index (χ2n) is 4.61. The predicted molar refractivity (Wildman–Crippen MR) is 86.8 cm³/mol. The maximum Gasteiger partial charge on any atom is 0.270 e. The molecule has 0 aliphatic rings. The minimum absolute atomic E-state index is 0.181. The molecule has 0 unspecified atom stereocenters. The monoisotopic (exact) mass is 348 g/mol. The van der Waals surface area contributed by atoms with Crippen LogP contribution in [0, 0.1) is 6.92 Å². The molecule has 2 N–H and O–H groups in total. The molecular weight excluding hydrogens is 332 g/mol. The molecule has 0 radical (unpaired) electrons. The molecule has 0 spiro atoms. The summed E-state index contributed by atoms with van der Waals surface area (Å²) in [6, 6.07) is 9.36. The van der Waals surface area contributed by atoms with Crippen molar-refractivity contribution in [2.45, 2.75) is 20.3 Å². The minimum atomic E-state index is -0.181. The zero-order valence-corrected chi connectivity index (χ0v) is 13.6. The molecule has 0 fully saturated rings. The van der Waals surface area contributed by atoms with Gasteiger partial charge in [-0.05, 0) is 37.6 Å². The van der Waals surface area contributed by atoms with E-state index in [-0.39, 0.29) is 5.91 Å². The SMILES string of the molecule is CCCNC(=O)c1cc(C)nc(Nc2cccc(Br)c2)n1. The van der Waals surface area contributed by atoms with Gasteiger partial charge in [0.15, 0.2) is 0 Å². The van der Waals surface area contributed by atoms with Crippen LogP contribution in [0.4, 0.5) is 11.6 Å². The number of carbonyl (C=O) groups is 1. The van der Waals surface area contributed by atoms with E-state index >= 15 is 0 Å². The van der Waals surface area contributed by atoms with Crippen LogP contribution in [0.3, 0.4) is 0 Å². The Kier molecular flexibility index (Phi) is 5.27. The fourth-order valence-corrected chi connectivity index (χ4v) is 2.16. The predicted octanol–water partition coefficient (Wildman–Crippen LogP) is 3.43. The summed E-state index contributed by atoms with van der Waals surface area (Å²) in [5, 5.41) is 5.92. The van der Waals surface area contributed by atoms with Crippen molar-refractivity contribution in [2.24, 2.45) is 0 Å². The zero-order valence-electron chi connectivity index (χ0n) is 12.0. The number of aromatic nitrogens is 2. The first-order valence-corrected chi connectivity index (χ1v) is 7.54. The number of anilines is 2. The van der Waals surface area contributed by atoms with Gasteiger partial charge in [-0.2, -0.15) is 0 Å². The van der Waals surface area contributed by atoms with Gasteiger partial charge in [-0.25, -0.2) is 9.97 Å². The number of benzene rings is 1. The molecule has 1 aromatic carbocycles. The first-order chi connectivity index (χ1) is 10.1. The molecule has 0 saturated carbocycles. The zero-order chi connectivity index (χ0) is 15.2. The van der Waals surface area contributed by atoms with Gasteiger partial charge in [0, 0.05) is 22.4 Å². The van der Waals surface area contributed by atoms with Gasteiger partial charge in [-0.15, -0.1) is 0 Å². The number of nitrogens with zero attached hydrogens (tertiary/aromatic N) is 2. The molecule has 0 saturated heterocycles. The van der Waals surface area contributed by atoms with Crippen LogP contribution < -0.4 is 10.6 Å². The topological polar surface area (TPSA) is 66.9 Å². The van der Waals surface area contributed by atoms with Crippen LogP contribution in [-0.2, 0) is 0 Å². The largest absolute Gasteiger partial charge is 0.351 e. The highest BCUT2D eigenvalue weighted by Gasteiger charge is 2.10. The van der Waals surface area contributed by atoms with Gasteiger partial charge in [0.25, 0.3) is 5.91 Å². The third kappa shape index (κ3) is 4.53. The average Bonchev–Trinajstić information content (AvgIpc) is 2.44. The molecule has 2 rings (SSSR count). The standard InChI is InChI=1S/C15H17BrN4O/c1-3-7-17-14(21)13-8-10(2)18-15(20-13)19-12-6-4-5-11(16)9-12/h4-6,8-9H,3,7H2,1-2H3,(H,17,21)(H,18,19,20). The van der Waals surface area contributed by atoms with Crippen LogP contribution in [0.5, 0.6) is 0 Å². The van der Waals surface area contributed by atoms with Crippen molar-refractivity contribution in [2.75, 3.05) is 11.9 Å². The molecule has 2 aromatic rings. The summed E-state index contributed by atoms with van der Waals surface area (Å²) < 4.78 is 0.959. The van der Waals surface area contributed by atoms with Crippen molar-refractivity contribution in [3.05, 3.63) is 46.2 Å². The fourth-order valence-electron chi connectivity index (χ4n) is 1.77. The van der Waals surface area contributed by atoms with E-state index in [1.165, 1.54) is 0 Å². The van der Waals surface area contributed by atoms with Crippen LogP contribution in [0.1, 0.15) is 29.5 Å². The molecule has 1 heterocycles. The third-order valence-electron chi connectivity index (χ3n) is 2.70. The van der Waals surface area contributed by atoms with Crippen molar-refractivity contribution in [1.82, 2.24) is 15.3 Å². The Morgan fingerprint density at radius 2 is 2.10 bits per heavy atom. The first-order valence-electron chi connectivity index (χ1n) is 6.75. The number of rotatable bonds is 5. The van der Waals surface area contributed by atoms with Gasteiger partial charge in [0.2, 0.25) is 5.95 Å². The van der Waals surface area contributed by atoms with E-state index in [0.29, 0.717) is 18.2 Å². The Morgan fingerprint density at radius 3 is 2.81 bits per heavy atom. The maximum absolute atomic E-state index is 12.0. The lowest BCUT2D eigenvalue weighted by Crippen LogP contribution is -2.25. The second kappa shape index (κ2) is 7.17. The van der Waals surface area contributed by atoms with Crippen molar-refractivity contribution in [3.8, 4) is 0 Å². The lowest BCUT2D eigenvalue weighted by atomic mass is 10.3. The van der Waals surface area contributed by atoms with E-state index in [1.807, 2.05) is 38.1 Å². The Morgan fingerprint density at radius 1 is 1.29 bits per heavy atom. The molecule has 21 heavy (non-hydrogen) atoms. The van der Waals surface area contributed by atoms with E-state index in [1.54, 1.807) is 6.07 Å². The van der Waals surface area contributed by atoms with Crippen molar-refractivity contribution < 1.29 is 4.79 Å². The van der Waals surface area contributed by atoms with E-state index in [9.17, 15) is 4.79 Å². The highest BCUT2D eigenvalue weighted by Crippen LogP contribution is 2.18. The van der Waals surface area contributed by atoms with E-state index in [2.05, 4.69) is 36.5 Å². The smallest absolute Gasteiger partial charge is 0.270 e.